The zero-order valence-electron chi connectivity index (χ0n) is 18.0. The molecule has 0 aromatic heterocycles. The summed E-state index contributed by atoms with van der Waals surface area (Å²) in [6, 6.07) is 20.7. The van der Waals surface area contributed by atoms with Crippen LogP contribution < -0.4 is 14.4 Å². The predicted molar refractivity (Wildman–Crippen MR) is 125 cm³/mol. The molecule has 0 atom stereocenters. The highest BCUT2D eigenvalue weighted by Gasteiger charge is 2.22. The summed E-state index contributed by atoms with van der Waals surface area (Å²) >= 11 is 0. The number of benzene rings is 3. The van der Waals surface area contributed by atoms with E-state index in [1.165, 1.54) is 0 Å². The fourth-order valence-corrected chi connectivity index (χ4v) is 4.30. The maximum Gasteiger partial charge on any atom is 0.240 e. The first-order chi connectivity index (χ1) is 14.8. The SMILES string of the molecule is CC(C)c1ccccc1OCCNC(=O)CN(c1cccc2ccccc12)S(C)(=O)=O. The van der Waals surface area contributed by atoms with Gasteiger partial charge in [-0.2, -0.15) is 0 Å². The van der Waals surface area contributed by atoms with Crippen LogP contribution in [0, 0.1) is 0 Å². The van der Waals surface area contributed by atoms with Crippen LogP contribution in [0.4, 0.5) is 5.69 Å². The van der Waals surface area contributed by atoms with E-state index in [1.807, 2.05) is 54.6 Å². The first-order valence-electron chi connectivity index (χ1n) is 10.2. The molecule has 3 rings (SSSR count). The summed E-state index contributed by atoms with van der Waals surface area (Å²) in [7, 11) is -3.65. The molecule has 0 radical (unpaired) electrons. The Morgan fingerprint density at radius 2 is 1.68 bits per heavy atom. The van der Waals surface area contributed by atoms with Crippen LogP contribution in [0.5, 0.6) is 5.75 Å². The maximum atomic E-state index is 12.5. The van der Waals surface area contributed by atoms with Crippen LogP contribution in [0.2, 0.25) is 0 Å². The van der Waals surface area contributed by atoms with Gasteiger partial charge in [0.25, 0.3) is 0 Å². The Bertz CT molecular complexity index is 1150. The topological polar surface area (TPSA) is 75.7 Å². The normalized spacial score (nSPS) is 11.5. The average Bonchev–Trinajstić information content (AvgIpc) is 2.74. The standard InChI is InChI=1S/C24H28N2O4S/c1-18(2)20-11-6-7-14-23(20)30-16-15-25-24(27)17-26(31(3,28)29)22-13-8-10-19-9-4-5-12-21(19)22/h4-14,18H,15-17H2,1-3H3,(H,25,27). The molecule has 31 heavy (non-hydrogen) atoms. The monoisotopic (exact) mass is 440 g/mol. The summed E-state index contributed by atoms with van der Waals surface area (Å²) in [5.41, 5.74) is 1.59. The molecule has 3 aromatic carbocycles. The van der Waals surface area contributed by atoms with E-state index in [4.69, 9.17) is 4.74 Å². The zero-order valence-corrected chi connectivity index (χ0v) is 18.9. The van der Waals surface area contributed by atoms with E-state index in [-0.39, 0.29) is 19.0 Å². The molecule has 0 spiro atoms. The lowest BCUT2D eigenvalue weighted by atomic mass is 10.0. The number of nitrogens with one attached hydrogen (secondary N) is 1. The molecule has 0 saturated heterocycles. The van der Waals surface area contributed by atoms with Crippen molar-refractivity contribution in [2.24, 2.45) is 0 Å². The summed E-state index contributed by atoms with van der Waals surface area (Å²) in [5.74, 6) is 0.731. The Labute approximate surface area is 183 Å². The number of amides is 1. The Hall–Kier alpha value is -3.06. The third-order valence-electron chi connectivity index (χ3n) is 4.95. The number of nitrogens with zero attached hydrogens (tertiary/aromatic N) is 1. The van der Waals surface area contributed by atoms with E-state index in [0.29, 0.717) is 18.2 Å². The minimum absolute atomic E-state index is 0.276. The highest BCUT2D eigenvalue weighted by Crippen LogP contribution is 2.28. The highest BCUT2D eigenvalue weighted by atomic mass is 32.2. The molecular formula is C24H28N2O4S. The molecule has 0 aliphatic carbocycles. The van der Waals surface area contributed by atoms with Crippen LogP contribution in [0.1, 0.15) is 25.3 Å². The lowest BCUT2D eigenvalue weighted by Gasteiger charge is -2.23. The third-order valence-corrected chi connectivity index (χ3v) is 6.07. The molecule has 0 aliphatic heterocycles. The number of sulfonamides is 1. The summed E-state index contributed by atoms with van der Waals surface area (Å²) < 4.78 is 31.9. The Morgan fingerprint density at radius 1 is 1.00 bits per heavy atom. The molecule has 0 unspecified atom stereocenters. The number of carbonyl (C=O) groups excluding carboxylic acids is 1. The molecule has 0 bridgehead atoms. The van der Waals surface area contributed by atoms with Gasteiger partial charge in [0.1, 0.15) is 18.9 Å². The quantitative estimate of drug-likeness (QED) is 0.512. The molecule has 1 amide bonds. The smallest absolute Gasteiger partial charge is 0.240 e. The van der Waals surface area contributed by atoms with Crippen LogP contribution in [0.25, 0.3) is 10.8 Å². The van der Waals surface area contributed by atoms with Crippen molar-refractivity contribution in [1.29, 1.82) is 0 Å². The Morgan fingerprint density at radius 3 is 2.42 bits per heavy atom. The lowest BCUT2D eigenvalue weighted by molar-refractivity contribution is -0.119. The Kier molecular flexibility index (Phi) is 7.17. The van der Waals surface area contributed by atoms with Gasteiger partial charge in [-0.1, -0.05) is 68.4 Å². The van der Waals surface area contributed by atoms with Crippen molar-refractivity contribution in [3.63, 3.8) is 0 Å². The van der Waals surface area contributed by atoms with Gasteiger partial charge >= 0.3 is 0 Å². The van der Waals surface area contributed by atoms with Gasteiger partial charge in [-0.25, -0.2) is 8.42 Å². The van der Waals surface area contributed by atoms with Crippen molar-refractivity contribution in [2.45, 2.75) is 19.8 Å². The van der Waals surface area contributed by atoms with Crippen molar-refractivity contribution >= 4 is 32.4 Å². The van der Waals surface area contributed by atoms with Gasteiger partial charge in [-0.05, 0) is 29.0 Å². The van der Waals surface area contributed by atoms with Gasteiger partial charge in [0.15, 0.2) is 0 Å². The maximum absolute atomic E-state index is 12.5. The van der Waals surface area contributed by atoms with E-state index < -0.39 is 10.0 Å². The Balaban J connectivity index is 1.65. The zero-order chi connectivity index (χ0) is 22.4. The molecule has 7 heteroatoms. The molecule has 3 aromatic rings. The van der Waals surface area contributed by atoms with Gasteiger partial charge in [0.2, 0.25) is 15.9 Å². The second-order valence-electron chi connectivity index (χ2n) is 7.66. The highest BCUT2D eigenvalue weighted by molar-refractivity contribution is 7.92. The second-order valence-corrected chi connectivity index (χ2v) is 9.57. The van der Waals surface area contributed by atoms with E-state index in [9.17, 15) is 13.2 Å². The molecule has 0 heterocycles. The molecule has 1 N–H and O–H groups in total. The molecular weight excluding hydrogens is 412 g/mol. The first kappa shape index (κ1) is 22.6. The van der Waals surface area contributed by atoms with E-state index >= 15 is 0 Å². The number of ether oxygens (including phenoxy) is 1. The third kappa shape index (κ3) is 5.76. The van der Waals surface area contributed by atoms with Crippen molar-refractivity contribution < 1.29 is 17.9 Å². The summed E-state index contributed by atoms with van der Waals surface area (Å²) in [4.78, 5) is 12.5. The van der Waals surface area contributed by atoms with Crippen LogP contribution in [-0.2, 0) is 14.8 Å². The number of hydrogen-bond donors (Lipinski definition) is 1. The number of rotatable bonds is 9. The van der Waals surface area contributed by atoms with Crippen LogP contribution >= 0.6 is 0 Å². The minimum Gasteiger partial charge on any atom is -0.491 e. The minimum atomic E-state index is -3.65. The number of hydrogen-bond acceptors (Lipinski definition) is 4. The van der Waals surface area contributed by atoms with Crippen molar-refractivity contribution in [3.8, 4) is 5.75 Å². The fourth-order valence-electron chi connectivity index (χ4n) is 3.43. The average molecular weight is 441 g/mol. The molecule has 6 nitrogen and oxygen atoms in total. The molecule has 0 aliphatic rings. The van der Waals surface area contributed by atoms with Crippen LogP contribution in [-0.4, -0.2) is 40.3 Å². The van der Waals surface area contributed by atoms with E-state index in [0.717, 1.165) is 32.6 Å². The molecule has 164 valence electrons. The number of fused-ring (bicyclic) bond motifs is 1. The van der Waals surface area contributed by atoms with Crippen molar-refractivity contribution in [1.82, 2.24) is 5.32 Å². The second kappa shape index (κ2) is 9.83. The van der Waals surface area contributed by atoms with Crippen LogP contribution in [0.15, 0.2) is 66.7 Å². The van der Waals surface area contributed by atoms with Gasteiger partial charge in [-0.3, -0.25) is 9.10 Å². The van der Waals surface area contributed by atoms with Crippen LogP contribution in [0.3, 0.4) is 0 Å². The van der Waals surface area contributed by atoms with Gasteiger partial charge in [0, 0.05) is 5.39 Å². The number of anilines is 1. The predicted octanol–water partition coefficient (Wildman–Crippen LogP) is 3.92. The van der Waals surface area contributed by atoms with Gasteiger partial charge in [-0.15, -0.1) is 0 Å². The first-order valence-corrected chi connectivity index (χ1v) is 12.1. The van der Waals surface area contributed by atoms with Crippen molar-refractivity contribution in [2.75, 3.05) is 30.3 Å². The summed E-state index contributed by atoms with van der Waals surface area (Å²) in [6.07, 6.45) is 1.11. The number of para-hydroxylation sites is 1. The van der Waals surface area contributed by atoms with Gasteiger partial charge in [0.05, 0.1) is 18.5 Å². The summed E-state index contributed by atoms with van der Waals surface area (Å²) in [6.45, 7) is 4.46. The largest absolute Gasteiger partial charge is 0.491 e. The molecule has 0 fully saturated rings. The van der Waals surface area contributed by atoms with E-state index in [2.05, 4.69) is 19.2 Å². The molecule has 0 saturated carbocycles. The number of carbonyl (C=O) groups is 1. The lowest BCUT2D eigenvalue weighted by Crippen LogP contribution is -2.41. The van der Waals surface area contributed by atoms with Crippen molar-refractivity contribution in [3.05, 3.63) is 72.3 Å². The fraction of sp³-hybridized carbons (Fsp3) is 0.292. The summed E-state index contributed by atoms with van der Waals surface area (Å²) in [5, 5.41) is 4.44. The van der Waals surface area contributed by atoms with Gasteiger partial charge < -0.3 is 10.1 Å². The van der Waals surface area contributed by atoms with E-state index in [1.54, 1.807) is 12.1 Å².